The van der Waals surface area contributed by atoms with Crippen LogP contribution in [-0.2, 0) is 16.1 Å². The van der Waals surface area contributed by atoms with Crippen LogP contribution in [0.15, 0.2) is 18.2 Å². The molecule has 0 radical (unpaired) electrons. The molecule has 0 bridgehead atoms. The summed E-state index contributed by atoms with van der Waals surface area (Å²) in [4.78, 5) is 27.7. The van der Waals surface area contributed by atoms with Gasteiger partial charge in [-0.1, -0.05) is 6.07 Å². The molecule has 1 saturated heterocycles. The van der Waals surface area contributed by atoms with Crippen LogP contribution in [-0.4, -0.2) is 62.0 Å². The van der Waals surface area contributed by atoms with Crippen LogP contribution in [0.1, 0.15) is 18.9 Å². The second-order valence-electron chi connectivity index (χ2n) is 6.44. The average molecular weight is 349 g/mol. The Labute approximate surface area is 148 Å². The van der Waals surface area contributed by atoms with E-state index in [1.807, 2.05) is 30.0 Å². The van der Waals surface area contributed by atoms with Crippen molar-refractivity contribution in [2.45, 2.75) is 25.9 Å². The molecule has 25 heavy (non-hydrogen) atoms. The number of likely N-dealkylation sites (tertiary alicyclic amines) is 1. The number of rotatable bonds is 7. The third kappa shape index (κ3) is 4.42. The molecule has 138 valence electrons. The van der Waals surface area contributed by atoms with Crippen LogP contribution in [0.2, 0.25) is 0 Å². The maximum absolute atomic E-state index is 12.7. The first kappa shape index (κ1) is 19.1. The molecule has 7 nitrogen and oxygen atoms in total. The highest BCUT2D eigenvalue weighted by molar-refractivity contribution is 5.82. The first-order valence-electron chi connectivity index (χ1n) is 8.36. The molecule has 1 fully saturated rings. The number of benzene rings is 1. The zero-order chi connectivity index (χ0) is 18.6. The summed E-state index contributed by atoms with van der Waals surface area (Å²) in [5, 5.41) is 0. The minimum absolute atomic E-state index is 0.0138. The van der Waals surface area contributed by atoms with Gasteiger partial charge in [-0.05, 0) is 37.6 Å². The standard InChI is InChI=1S/C18H27N3O4/c1-12(21-8-7-14(11-21)17(19)22)18(23)20(2)10-13-5-6-15(24-3)16(9-13)25-4/h5-6,9,12,14H,7-8,10-11H2,1-4H3,(H2,19,22)/t12-,14+/m0/s1. The summed E-state index contributed by atoms with van der Waals surface area (Å²) in [5.74, 6) is 0.855. The van der Waals surface area contributed by atoms with Gasteiger partial charge < -0.3 is 20.1 Å². The number of carbonyl (C=O) groups excluding carboxylic acids is 2. The number of amides is 2. The zero-order valence-electron chi connectivity index (χ0n) is 15.3. The molecule has 7 heteroatoms. The van der Waals surface area contributed by atoms with E-state index in [2.05, 4.69) is 0 Å². The molecule has 1 aliphatic rings. The molecular formula is C18H27N3O4. The van der Waals surface area contributed by atoms with E-state index in [9.17, 15) is 9.59 Å². The van der Waals surface area contributed by atoms with Gasteiger partial charge in [0.1, 0.15) is 0 Å². The number of carbonyl (C=O) groups is 2. The van der Waals surface area contributed by atoms with Crippen molar-refractivity contribution in [3.8, 4) is 11.5 Å². The van der Waals surface area contributed by atoms with Gasteiger partial charge in [0.05, 0.1) is 26.2 Å². The van der Waals surface area contributed by atoms with Crippen molar-refractivity contribution < 1.29 is 19.1 Å². The SMILES string of the molecule is COc1ccc(CN(C)C(=O)[C@H](C)N2CC[C@@H](C(N)=O)C2)cc1OC. The third-order valence-corrected chi connectivity index (χ3v) is 4.77. The molecule has 0 aromatic heterocycles. The highest BCUT2D eigenvalue weighted by atomic mass is 16.5. The zero-order valence-corrected chi connectivity index (χ0v) is 15.3. The number of hydrogen-bond acceptors (Lipinski definition) is 5. The molecule has 2 rings (SSSR count). The molecule has 1 aromatic rings. The predicted molar refractivity (Wildman–Crippen MR) is 94.4 cm³/mol. The Bertz CT molecular complexity index is 635. The van der Waals surface area contributed by atoms with Gasteiger partial charge >= 0.3 is 0 Å². The summed E-state index contributed by atoms with van der Waals surface area (Å²) in [7, 11) is 4.95. The highest BCUT2D eigenvalue weighted by Crippen LogP contribution is 2.28. The Morgan fingerprint density at radius 2 is 2.00 bits per heavy atom. The summed E-state index contributed by atoms with van der Waals surface area (Å²) in [5.41, 5.74) is 6.32. The van der Waals surface area contributed by atoms with E-state index in [-0.39, 0.29) is 23.8 Å². The lowest BCUT2D eigenvalue weighted by atomic mass is 10.1. The van der Waals surface area contributed by atoms with E-state index in [0.29, 0.717) is 37.6 Å². The summed E-state index contributed by atoms with van der Waals surface area (Å²) in [6.07, 6.45) is 0.715. The van der Waals surface area contributed by atoms with Crippen LogP contribution in [0, 0.1) is 5.92 Å². The monoisotopic (exact) mass is 349 g/mol. The van der Waals surface area contributed by atoms with Crippen molar-refractivity contribution in [1.29, 1.82) is 0 Å². The van der Waals surface area contributed by atoms with Crippen LogP contribution >= 0.6 is 0 Å². The fraction of sp³-hybridized carbons (Fsp3) is 0.556. The fourth-order valence-electron chi connectivity index (χ4n) is 3.18. The van der Waals surface area contributed by atoms with E-state index in [1.54, 1.807) is 26.2 Å². The van der Waals surface area contributed by atoms with Crippen molar-refractivity contribution in [3.05, 3.63) is 23.8 Å². The number of likely N-dealkylation sites (N-methyl/N-ethyl adjacent to an activating group) is 1. The molecular weight excluding hydrogens is 322 g/mol. The van der Waals surface area contributed by atoms with E-state index < -0.39 is 0 Å². The summed E-state index contributed by atoms with van der Waals surface area (Å²) in [6, 6.07) is 5.32. The number of methoxy groups -OCH3 is 2. The van der Waals surface area contributed by atoms with Crippen molar-refractivity contribution in [2.75, 3.05) is 34.4 Å². The van der Waals surface area contributed by atoms with Gasteiger partial charge in [0, 0.05) is 20.1 Å². The Kier molecular flexibility index (Phi) is 6.25. The fourth-order valence-corrected chi connectivity index (χ4v) is 3.18. The van der Waals surface area contributed by atoms with Gasteiger partial charge in [0.15, 0.2) is 11.5 Å². The summed E-state index contributed by atoms with van der Waals surface area (Å²) < 4.78 is 10.5. The largest absolute Gasteiger partial charge is 0.493 e. The van der Waals surface area contributed by atoms with Crippen molar-refractivity contribution in [3.63, 3.8) is 0 Å². The first-order valence-corrected chi connectivity index (χ1v) is 8.36. The molecule has 1 heterocycles. The number of primary amides is 1. The van der Waals surface area contributed by atoms with E-state index in [0.717, 1.165) is 5.56 Å². The summed E-state index contributed by atoms with van der Waals surface area (Å²) in [6.45, 7) is 3.60. The van der Waals surface area contributed by atoms with Crippen LogP contribution in [0.5, 0.6) is 11.5 Å². The quantitative estimate of drug-likeness (QED) is 0.789. The topological polar surface area (TPSA) is 85.1 Å². The lowest BCUT2D eigenvalue weighted by Crippen LogP contribution is -2.45. The Morgan fingerprint density at radius 3 is 2.56 bits per heavy atom. The van der Waals surface area contributed by atoms with E-state index in [4.69, 9.17) is 15.2 Å². The number of ether oxygens (including phenoxy) is 2. The van der Waals surface area contributed by atoms with Gasteiger partial charge in [-0.3, -0.25) is 14.5 Å². The van der Waals surface area contributed by atoms with Crippen molar-refractivity contribution in [2.24, 2.45) is 11.7 Å². The second kappa shape index (κ2) is 8.20. The maximum Gasteiger partial charge on any atom is 0.239 e. The molecule has 0 saturated carbocycles. The van der Waals surface area contributed by atoms with E-state index >= 15 is 0 Å². The van der Waals surface area contributed by atoms with Gasteiger partial charge in [0.25, 0.3) is 0 Å². The second-order valence-corrected chi connectivity index (χ2v) is 6.44. The van der Waals surface area contributed by atoms with Gasteiger partial charge in [-0.25, -0.2) is 0 Å². The average Bonchev–Trinajstić information content (AvgIpc) is 3.10. The van der Waals surface area contributed by atoms with E-state index in [1.165, 1.54) is 0 Å². The van der Waals surface area contributed by atoms with Gasteiger partial charge in [-0.2, -0.15) is 0 Å². The minimum Gasteiger partial charge on any atom is -0.493 e. The Morgan fingerprint density at radius 1 is 1.32 bits per heavy atom. The number of hydrogen-bond donors (Lipinski definition) is 1. The van der Waals surface area contributed by atoms with Gasteiger partial charge in [0.2, 0.25) is 11.8 Å². The van der Waals surface area contributed by atoms with Crippen LogP contribution in [0.25, 0.3) is 0 Å². The molecule has 2 amide bonds. The Balaban J connectivity index is 1.99. The molecule has 2 atom stereocenters. The molecule has 1 aliphatic heterocycles. The van der Waals surface area contributed by atoms with Crippen LogP contribution in [0.3, 0.4) is 0 Å². The molecule has 0 unspecified atom stereocenters. The number of nitrogens with two attached hydrogens (primary N) is 1. The molecule has 1 aromatic carbocycles. The number of nitrogens with zero attached hydrogens (tertiary/aromatic N) is 2. The highest BCUT2D eigenvalue weighted by Gasteiger charge is 2.33. The smallest absolute Gasteiger partial charge is 0.239 e. The van der Waals surface area contributed by atoms with Crippen LogP contribution < -0.4 is 15.2 Å². The van der Waals surface area contributed by atoms with Gasteiger partial charge in [-0.15, -0.1) is 0 Å². The normalized spacial score (nSPS) is 18.6. The minimum atomic E-state index is -0.291. The predicted octanol–water partition coefficient (Wildman–Crippen LogP) is 0.858. The maximum atomic E-state index is 12.7. The third-order valence-electron chi connectivity index (χ3n) is 4.77. The van der Waals surface area contributed by atoms with Crippen molar-refractivity contribution >= 4 is 11.8 Å². The lowest BCUT2D eigenvalue weighted by molar-refractivity contribution is -0.135. The van der Waals surface area contributed by atoms with Crippen molar-refractivity contribution in [1.82, 2.24) is 9.80 Å². The first-order chi connectivity index (χ1) is 11.9. The lowest BCUT2D eigenvalue weighted by Gasteiger charge is -2.28. The Hall–Kier alpha value is -2.28. The molecule has 0 spiro atoms. The summed E-state index contributed by atoms with van der Waals surface area (Å²) >= 11 is 0. The molecule has 0 aliphatic carbocycles. The van der Waals surface area contributed by atoms with Crippen LogP contribution in [0.4, 0.5) is 0 Å². The molecule has 2 N–H and O–H groups in total.